The van der Waals surface area contributed by atoms with Crippen LogP contribution in [0.5, 0.6) is 0 Å². The number of carbonyl (C=O) groups is 1. The molecule has 4 nitrogen and oxygen atoms in total. The molecule has 0 saturated heterocycles. The van der Waals surface area contributed by atoms with Gasteiger partial charge in [0.05, 0.1) is 6.54 Å². The molecule has 0 spiro atoms. The molecule has 1 aliphatic carbocycles. The van der Waals surface area contributed by atoms with Crippen molar-refractivity contribution >= 4 is 11.7 Å². The van der Waals surface area contributed by atoms with Crippen molar-refractivity contribution in [3.8, 4) is 11.8 Å². The zero-order valence-electron chi connectivity index (χ0n) is 10.3. The molecule has 1 aromatic heterocycles. The zero-order valence-corrected chi connectivity index (χ0v) is 10.3. The maximum Gasteiger partial charge on any atom is 0.225 e. The molecular formula is C14H17N3O. The van der Waals surface area contributed by atoms with Crippen LogP contribution < -0.4 is 11.1 Å². The Kier molecular flexibility index (Phi) is 4.32. The molecule has 3 N–H and O–H groups in total. The van der Waals surface area contributed by atoms with Gasteiger partial charge in [-0.15, -0.1) is 0 Å². The van der Waals surface area contributed by atoms with E-state index in [0.717, 1.165) is 0 Å². The summed E-state index contributed by atoms with van der Waals surface area (Å²) in [6, 6.07) is 5.39. The van der Waals surface area contributed by atoms with E-state index in [4.69, 9.17) is 5.73 Å². The molecule has 1 fully saturated rings. The van der Waals surface area contributed by atoms with E-state index >= 15 is 0 Å². The van der Waals surface area contributed by atoms with E-state index in [1.165, 1.54) is 19.3 Å². The Morgan fingerprint density at radius 1 is 1.50 bits per heavy atom. The number of nitrogens with zero attached hydrogens (tertiary/aromatic N) is 1. The number of amides is 1. The van der Waals surface area contributed by atoms with E-state index in [9.17, 15) is 4.79 Å². The van der Waals surface area contributed by atoms with Gasteiger partial charge in [-0.1, -0.05) is 18.4 Å². The lowest BCUT2D eigenvalue weighted by molar-refractivity contribution is -0.117. The molecule has 18 heavy (non-hydrogen) atoms. The molecule has 4 heteroatoms. The van der Waals surface area contributed by atoms with Crippen LogP contribution in [0.25, 0.3) is 0 Å². The second kappa shape index (κ2) is 6.18. The molecule has 1 aromatic rings. The maximum atomic E-state index is 11.7. The molecule has 1 aliphatic rings. The summed E-state index contributed by atoms with van der Waals surface area (Å²) in [7, 11) is 0. The van der Waals surface area contributed by atoms with Gasteiger partial charge in [-0.05, 0) is 36.8 Å². The van der Waals surface area contributed by atoms with Gasteiger partial charge in [0.15, 0.2) is 0 Å². The number of anilines is 1. The first-order valence-corrected chi connectivity index (χ1v) is 6.24. The number of nitrogens with two attached hydrogens (primary N) is 1. The number of pyridine rings is 1. The predicted molar refractivity (Wildman–Crippen MR) is 70.8 cm³/mol. The van der Waals surface area contributed by atoms with Gasteiger partial charge in [0.2, 0.25) is 5.91 Å². The third-order valence-electron chi connectivity index (χ3n) is 3.03. The molecule has 94 valence electrons. The lowest BCUT2D eigenvalue weighted by Gasteiger charge is -2.24. The Bertz CT molecular complexity index is 483. The summed E-state index contributed by atoms with van der Waals surface area (Å²) >= 11 is 0. The minimum atomic E-state index is 0.0381. The molecule has 0 aromatic carbocycles. The number of carbonyl (C=O) groups excluding carboxylic acids is 1. The van der Waals surface area contributed by atoms with E-state index in [-0.39, 0.29) is 5.91 Å². The fourth-order valence-electron chi connectivity index (χ4n) is 1.87. The standard InChI is InChI=1S/C14H17N3O/c15-9-3-7-12-6-2-8-13(16-12)17-14(18)10-11-4-1-5-11/h2,6,8,11H,1,4-5,9-10,15H2,(H,16,17,18). The summed E-state index contributed by atoms with van der Waals surface area (Å²) in [5.41, 5.74) is 5.93. The first-order chi connectivity index (χ1) is 8.78. The second-order valence-electron chi connectivity index (χ2n) is 4.46. The quantitative estimate of drug-likeness (QED) is 0.791. The summed E-state index contributed by atoms with van der Waals surface area (Å²) in [5.74, 6) is 6.74. The minimum absolute atomic E-state index is 0.0381. The van der Waals surface area contributed by atoms with E-state index in [0.29, 0.717) is 30.4 Å². The van der Waals surface area contributed by atoms with Crippen molar-refractivity contribution in [2.24, 2.45) is 11.7 Å². The highest BCUT2D eigenvalue weighted by Crippen LogP contribution is 2.29. The van der Waals surface area contributed by atoms with Crippen molar-refractivity contribution in [1.82, 2.24) is 4.98 Å². The highest BCUT2D eigenvalue weighted by Gasteiger charge is 2.20. The van der Waals surface area contributed by atoms with Gasteiger partial charge in [-0.25, -0.2) is 4.98 Å². The van der Waals surface area contributed by atoms with Crippen LogP contribution in [0.2, 0.25) is 0 Å². The summed E-state index contributed by atoms with van der Waals surface area (Å²) in [4.78, 5) is 16.0. The van der Waals surface area contributed by atoms with Gasteiger partial charge in [-0.3, -0.25) is 4.79 Å². The molecule has 0 unspecified atom stereocenters. The highest BCUT2D eigenvalue weighted by atomic mass is 16.1. The van der Waals surface area contributed by atoms with Crippen LogP contribution in [0.4, 0.5) is 5.82 Å². The van der Waals surface area contributed by atoms with E-state index in [1.54, 1.807) is 12.1 Å². The summed E-state index contributed by atoms with van der Waals surface area (Å²) in [5, 5.41) is 2.81. The van der Waals surface area contributed by atoms with Crippen LogP contribution in [0, 0.1) is 17.8 Å². The second-order valence-corrected chi connectivity index (χ2v) is 4.46. The lowest BCUT2D eigenvalue weighted by Crippen LogP contribution is -2.21. The molecule has 0 radical (unpaired) electrons. The molecule has 1 heterocycles. The molecule has 2 rings (SSSR count). The van der Waals surface area contributed by atoms with Crippen molar-refractivity contribution < 1.29 is 4.79 Å². The highest BCUT2D eigenvalue weighted by molar-refractivity contribution is 5.89. The van der Waals surface area contributed by atoms with Crippen LogP contribution >= 0.6 is 0 Å². The van der Waals surface area contributed by atoms with Gasteiger partial charge >= 0.3 is 0 Å². The number of aromatic nitrogens is 1. The van der Waals surface area contributed by atoms with Gasteiger partial charge in [-0.2, -0.15) is 0 Å². The van der Waals surface area contributed by atoms with Crippen molar-refractivity contribution in [3.63, 3.8) is 0 Å². The average molecular weight is 243 g/mol. The Hall–Kier alpha value is -1.86. The minimum Gasteiger partial charge on any atom is -0.320 e. The molecule has 1 saturated carbocycles. The summed E-state index contributed by atoms with van der Waals surface area (Å²) in [6.07, 6.45) is 4.19. The van der Waals surface area contributed by atoms with Crippen LogP contribution in [0.3, 0.4) is 0 Å². The maximum absolute atomic E-state index is 11.7. The number of hydrogen-bond donors (Lipinski definition) is 2. The summed E-state index contributed by atoms with van der Waals surface area (Å²) in [6.45, 7) is 0.306. The summed E-state index contributed by atoms with van der Waals surface area (Å²) < 4.78 is 0. The number of rotatable bonds is 3. The number of nitrogens with one attached hydrogen (secondary N) is 1. The first kappa shape index (κ1) is 12.6. The predicted octanol–water partition coefficient (Wildman–Crippen LogP) is 1.52. The fourth-order valence-corrected chi connectivity index (χ4v) is 1.87. The zero-order chi connectivity index (χ0) is 12.8. The molecular weight excluding hydrogens is 226 g/mol. The van der Waals surface area contributed by atoms with Crippen LogP contribution in [0.1, 0.15) is 31.4 Å². The van der Waals surface area contributed by atoms with Gasteiger partial charge < -0.3 is 11.1 Å². The lowest BCUT2D eigenvalue weighted by atomic mass is 9.83. The Balaban J connectivity index is 1.93. The van der Waals surface area contributed by atoms with Crippen LogP contribution in [0.15, 0.2) is 18.2 Å². The normalized spacial score (nSPS) is 14.3. The van der Waals surface area contributed by atoms with Crippen molar-refractivity contribution in [1.29, 1.82) is 0 Å². The van der Waals surface area contributed by atoms with Crippen molar-refractivity contribution in [2.45, 2.75) is 25.7 Å². The molecule has 1 amide bonds. The van der Waals surface area contributed by atoms with E-state index in [1.807, 2.05) is 6.07 Å². The van der Waals surface area contributed by atoms with E-state index < -0.39 is 0 Å². The molecule has 0 aliphatic heterocycles. The Morgan fingerprint density at radius 2 is 2.33 bits per heavy atom. The van der Waals surface area contributed by atoms with E-state index in [2.05, 4.69) is 22.1 Å². The third-order valence-corrected chi connectivity index (χ3v) is 3.03. The van der Waals surface area contributed by atoms with Gasteiger partial charge in [0.25, 0.3) is 0 Å². The van der Waals surface area contributed by atoms with Crippen molar-refractivity contribution in [3.05, 3.63) is 23.9 Å². The Morgan fingerprint density at radius 3 is 3.00 bits per heavy atom. The smallest absolute Gasteiger partial charge is 0.225 e. The van der Waals surface area contributed by atoms with Gasteiger partial charge in [0.1, 0.15) is 11.5 Å². The molecule has 0 atom stereocenters. The first-order valence-electron chi connectivity index (χ1n) is 6.24. The largest absolute Gasteiger partial charge is 0.320 e. The monoisotopic (exact) mass is 243 g/mol. The number of hydrogen-bond acceptors (Lipinski definition) is 3. The SMILES string of the molecule is NCC#Cc1cccc(NC(=O)CC2CCC2)n1. The van der Waals surface area contributed by atoms with Crippen molar-refractivity contribution in [2.75, 3.05) is 11.9 Å². The topological polar surface area (TPSA) is 68.0 Å². The van der Waals surface area contributed by atoms with Crippen LogP contribution in [-0.2, 0) is 4.79 Å². The molecule has 0 bridgehead atoms. The third kappa shape index (κ3) is 3.57. The Labute approximate surface area is 107 Å². The van der Waals surface area contributed by atoms with Crippen LogP contribution in [-0.4, -0.2) is 17.4 Å². The average Bonchev–Trinajstić information content (AvgIpc) is 2.32. The van der Waals surface area contributed by atoms with Gasteiger partial charge in [0, 0.05) is 6.42 Å². The fraction of sp³-hybridized carbons (Fsp3) is 0.429.